The SMILES string of the molecule is CNCCC(O)C(O)c1cc([N+](=O)[O-])ccc1N. The van der Waals surface area contributed by atoms with Crippen LogP contribution in [0.15, 0.2) is 18.2 Å². The molecule has 0 radical (unpaired) electrons. The van der Waals surface area contributed by atoms with E-state index in [1.165, 1.54) is 18.2 Å². The minimum atomic E-state index is -1.24. The predicted octanol–water partition coefficient (Wildman–Crippen LogP) is 0.181. The highest BCUT2D eigenvalue weighted by Crippen LogP contribution is 2.28. The number of nitrogens with two attached hydrogens (primary N) is 1. The number of aliphatic hydroxyl groups is 2. The van der Waals surface area contributed by atoms with Gasteiger partial charge in [0, 0.05) is 23.4 Å². The van der Waals surface area contributed by atoms with Crippen molar-refractivity contribution in [1.29, 1.82) is 0 Å². The Morgan fingerprint density at radius 2 is 2.17 bits per heavy atom. The highest BCUT2D eigenvalue weighted by atomic mass is 16.6. The Morgan fingerprint density at radius 3 is 2.72 bits per heavy atom. The van der Waals surface area contributed by atoms with Crippen molar-refractivity contribution >= 4 is 11.4 Å². The van der Waals surface area contributed by atoms with Gasteiger partial charge < -0.3 is 21.3 Å². The molecular formula is C11H17N3O4. The number of anilines is 1. The van der Waals surface area contributed by atoms with E-state index in [-0.39, 0.29) is 16.9 Å². The molecule has 1 aromatic carbocycles. The Labute approximate surface area is 104 Å². The Balaban J connectivity index is 2.93. The maximum Gasteiger partial charge on any atom is 0.269 e. The lowest BCUT2D eigenvalue weighted by atomic mass is 10.00. The van der Waals surface area contributed by atoms with Crippen LogP contribution in [0.4, 0.5) is 11.4 Å². The fourth-order valence-corrected chi connectivity index (χ4v) is 1.59. The van der Waals surface area contributed by atoms with Gasteiger partial charge in [-0.15, -0.1) is 0 Å². The minimum Gasteiger partial charge on any atom is -0.398 e. The van der Waals surface area contributed by atoms with E-state index in [1.54, 1.807) is 7.05 Å². The van der Waals surface area contributed by atoms with Crippen molar-refractivity contribution in [3.05, 3.63) is 33.9 Å². The summed E-state index contributed by atoms with van der Waals surface area (Å²) in [5.41, 5.74) is 5.87. The summed E-state index contributed by atoms with van der Waals surface area (Å²) in [5, 5.41) is 33.1. The molecule has 0 saturated carbocycles. The first-order chi connectivity index (χ1) is 8.47. The number of aliphatic hydroxyl groups excluding tert-OH is 2. The molecule has 2 atom stereocenters. The maximum atomic E-state index is 10.6. The number of nitrogens with one attached hydrogen (secondary N) is 1. The summed E-state index contributed by atoms with van der Waals surface area (Å²) in [6.07, 6.45) is -1.94. The van der Waals surface area contributed by atoms with Crippen LogP contribution >= 0.6 is 0 Å². The minimum absolute atomic E-state index is 0.168. The highest BCUT2D eigenvalue weighted by molar-refractivity contribution is 5.53. The molecule has 0 saturated heterocycles. The quantitative estimate of drug-likeness (QED) is 0.327. The standard InChI is InChI=1S/C11H17N3O4/c1-13-5-4-10(15)11(16)8-6-7(14(17)18)2-3-9(8)12/h2-3,6,10-11,13,15-16H,4-5,12H2,1H3. The molecule has 0 aliphatic rings. The van der Waals surface area contributed by atoms with Gasteiger partial charge in [-0.1, -0.05) is 0 Å². The second-order valence-electron chi connectivity index (χ2n) is 3.97. The van der Waals surface area contributed by atoms with Gasteiger partial charge in [-0.3, -0.25) is 10.1 Å². The highest BCUT2D eigenvalue weighted by Gasteiger charge is 2.22. The first kappa shape index (κ1) is 14.4. The number of benzene rings is 1. The molecule has 100 valence electrons. The largest absolute Gasteiger partial charge is 0.398 e. The van der Waals surface area contributed by atoms with Gasteiger partial charge in [0.1, 0.15) is 6.10 Å². The van der Waals surface area contributed by atoms with E-state index in [9.17, 15) is 20.3 Å². The van der Waals surface area contributed by atoms with Crippen LogP contribution in [0.1, 0.15) is 18.1 Å². The van der Waals surface area contributed by atoms with Crippen LogP contribution in [0.25, 0.3) is 0 Å². The van der Waals surface area contributed by atoms with Crippen molar-refractivity contribution in [2.75, 3.05) is 19.3 Å². The predicted molar refractivity (Wildman–Crippen MR) is 67.0 cm³/mol. The smallest absolute Gasteiger partial charge is 0.269 e. The molecular weight excluding hydrogens is 238 g/mol. The van der Waals surface area contributed by atoms with Crippen molar-refractivity contribution in [1.82, 2.24) is 5.32 Å². The number of nitrogens with zero attached hydrogens (tertiary/aromatic N) is 1. The number of nitro benzene ring substituents is 1. The number of hydrogen-bond acceptors (Lipinski definition) is 6. The zero-order valence-corrected chi connectivity index (χ0v) is 10.0. The third-order valence-corrected chi connectivity index (χ3v) is 2.65. The van der Waals surface area contributed by atoms with Crippen LogP contribution in [0.2, 0.25) is 0 Å². The van der Waals surface area contributed by atoms with Gasteiger partial charge in [-0.25, -0.2) is 0 Å². The summed E-state index contributed by atoms with van der Waals surface area (Å²) >= 11 is 0. The van der Waals surface area contributed by atoms with E-state index >= 15 is 0 Å². The molecule has 0 fully saturated rings. The summed E-state index contributed by atoms with van der Waals surface area (Å²) < 4.78 is 0. The van der Waals surface area contributed by atoms with Crippen molar-refractivity contribution in [3.63, 3.8) is 0 Å². The Hall–Kier alpha value is -1.70. The van der Waals surface area contributed by atoms with Crippen LogP contribution in [0.5, 0.6) is 0 Å². The zero-order valence-electron chi connectivity index (χ0n) is 10.0. The lowest BCUT2D eigenvalue weighted by Gasteiger charge is -2.19. The average molecular weight is 255 g/mol. The number of nitro groups is 1. The molecule has 0 bridgehead atoms. The number of rotatable bonds is 6. The average Bonchev–Trinajstić information content (AvgIpc) is 2.35. The monoisotopic (exact) mass is 255 g/mol. The molecule has 1 aromatic rings. The summed E-state index contributed by atoms with van der Waals surface area (Å²) in [4.78, 5) is 10.1. The van der Waals surface area contributed by atoms with E-state index in [4.69, 9.17) is 5.73 Å². The third-order valence-electron chi connectivity index (χ3n) is 2.65. The molecule has 0 amide bonds. The fraction of sp³-hybridized carbons (Fsp3) is 0.455. The first-order valence-electron chi connectivity index (χ1n) is 5.52. The van der Waals surface area contributed by atoms with E-state index < -0.39 is 17.1 Å². The Morgan fingerprint density at radius 1 is 1.50 bits per heavy atom. The lowest BCUT2D eigenvalue weighted by molar-refractivity contribution is -0.385. The van der Waals surface area contributed by atoms with Crippen molar-refractivity contribution in [2.45, 2.75) is 18.6 Å². The summed E-state index contributed by atoms with van der Waals surface area (Å²) in [6, 6.07) is 3.79. The first-order valence-corrected chi connectivity index (χ1v) is 5.52. The van der Waals surface area contributed by atoms with Gasteiger partial charge >= 0.3 is 0 Å². The van der Waals surface area contributed by atoms with Gasteiger partial charge in [0.25, 0.3) is 5.69 Å². The summed E-state index contributed by atoms with van der Waals surface area (Å²) in [6.45, 7) is 0.521. The zero-order chi connectivity index (χ0) is 13.7. The van der Waals surface area contributed by atoms with Crippen molar-refractivity contribution in [3.8, 4) is 0 Å². The van der Waals surface area contributed by atoms with Gasteiger partial charge in [-0.2, -0.15) is 0 Å². The fourth-order valence-electron chi connectivity index (χ4n) is 1.59. The van der Waals surface area contributed by atoms with Crippen molar-refractivity contribution in [2.24, 2.45) is 0 Å². The normalized spacial score (nSPS) is 14.2. The Kier molecular flexibility index (Phi) is 5.02. The molecule has 0 aliphatic heterocycles. The van der Waals surface area contributed by atoms with Gasteiger partial charge in [0.15, 0.2) is 0 Å². The Bertz CT molecular complexity index is 425. The van der Waals surface area contributed by atoms with Crippen LogP contribution in [-0.2, 0) is 0 Å². The molecule has 0 spiro atoms. The van der Waals surface area contributed by atoms with Crippen LogP contribution < -0.4 is 11.1 Å². The molecule has 0 aromatic heterocycles. The molecule has 7 nitrogen and oxygen atoms in total. The van der Waals surface area contributed by atoms with Gasteiger partial charge in [-0.05, 0) is 26.1 Å². The van der Waals surface area contributed by atoms with E-state index in [0.717, 1.165) is 0 Å². The number of hydrogen-bond donors (Lipinski definition) is 4. The maximum absolute atomic E-state index is 10.6. The van der Waals surface area contributed by atoms with Gasteiger partial charge in [0.05, 0.1) is 11.0 Å². The molecule has 0 heterocycles. The van der Waals surface area contributed by atoms with Crippen LogP contribution in [-0.4, -0.2) is 34.8 Å². The van der Waals surface area contributed by atoms with Crippen LogP contribution in [0.3, 0.4) is 0 Å². The molecule has 7 heteroatoms. The van der Waals surface area contributed by atoms with E-state index in [0.29, 0.717) is 13.0 Å². The van der Waals surface area contributed by atoms with Gasteiger partial charge in [0.2, 0.25) is 0 Å². The van der Waals surface area contributed by atoms with E-state index in [2.05, 4.69) is 5.32 Å². The third kappa shape index (κ3) is 3.39. The molecule has 2 unspecified atom stereocenters. The number of non-ortho nitro benzene ring substituents is 1. The molecule has 0 aliphatic carbocycles. The van der Waals surface area contributed by atoms with E-state index in [1.807, 2.05) is 0 Å². The lowest BCUT2D eigenvalue weighted by Crippen LogP contribution is -2.24. The van der Waals surface area contributed by atoms with Crippen molar-refractivity contribution < 1.29 is 15.1 Å². The second kappa shape index (κ2) is 6.29. The number of nitrogen functional groups attached to an aromatic ring is 1. The summed E-state index contributed by atoms with van der Waals surface area (Å²) in [7, 11) is 1.72. The topological polar surface area (TPSA) is 122 Å². The second-order valence-corrected chi connectivity index (χ2v) is 3.97. The summed E-state index contributed by atoms with van der Waals surface area (Å²) in [5.74, 6) is 0. The van der Waals surface area contributed by atoms with Crippen LogP contribution in [0, 0.1) is 10.1 Å². The molecule has 5 N–H and O–H groups in total. The molecule has 18 heavy (non-hydrogen) atoms. The molecule has 1 rings (SSSR count).